The van der Waals surface area contributed by atoms with Crippen LogP contribution in [-0.2, 0) is 11.3 Å². The zero-order chi connectivity index (χ0) is 17.6. The number of hydrogen-bond donors (Lipinski definition) is 0. The van der Waals surface area contributed by atoms with Gasteiger partial charge in [-0.25, -0.2) is 0 Å². The average Bonchev–Trinajstić information content (AvgIpc) is 3.13. The number of carbonyl (C=O) groups is 1. The van der Waals surface area contributed by atoms with E-state index in [4.69, 9.17) is 0 Å². The second-order valence-corrected chi connectivity index (χ2v) is 6.59. The molecule has 0 aliphatic heterocycles. The molecule has 5 heteroatoms. The van der Waals surface area contributed by atoms with Crippen LogP contribution in [0.4, 0.5) is 11.4 Å². The highest BCUT2D eigenvalue weighted by molar-refractivity contribution is 5.93. The first-order valence-corrected chi connectivity index (χ1v) is 8.72. The fourth-order valence-corrected chi connectivity index (χ4v) is 3.41. The van der Waals surface area contributed by atoms with E-state index in [0.717, 1.165) is 24.1 Å². The molecule has 0 radical (unpaired) electrons. The second kappa shape index (κ2) is 7.92. The minimum Gasteiger partial charge on any atom is -0.308 e. The van der Waals surface area contributed by atoms with Crippen LogP contribution in [0.5, 0.6) is 0 Å². The van der Waals surface area contributed by atoms with E-state index in [-0.39, 0.29) is 11.6 Å². The van der Waals surface area contributed by atoms with Crippen LogP contribution in [0.1, 0.15) is 37.7 Å². The number of non-ortho nitro benzene ring substituents is 1. The first-order chi connectivity index (χ1) is 12.1. The van der Waals surface area contributed by atoms with Crippen molar-refractivity contribution in [2.24, 2.45) is 5.92 Å². The van der Waals surface area contributed by atoms with Crippen molar-refractivity contribution in [1.82, 2.24) is 0 Å². The molecular formula is C20H22N2O3. The van der Waals surface area contributed by atoms with Gasteiger partial charge in [0.15, 0.2) is 0 Å². The van der Waals surface area contributed by atoms with Crippen molar-refractivity contribution in [3.05, 3.63) is 70.3 Å². The monoisotopic (exact) mass is 338 g/mol. The lowest BCUT2D eigenvalue weighted by Gasteiger charge is -2.24. The molecule has 0 bridgehead atoms. The van der Waals surface area contributed by atoms with E-state index in [2.05, 4.69) is 0 Å². The molecule has 0 aromatic heterocycles. The van der Waals surface area contributed by atoms with Crippen LogP contribution in [0, 0.1) is 16.0 Å². The smallest absolute Gasteiger partial charge is 0.269 e. The zero-order valence-corrected chi connectivity index (χ0v) is 14.1. The van der Waals surface area contributed by atoms with Crippen LogP contribution in [0.15, 0.2) is 54.6 Å². The van der Waals surface area contributed by atoms with E-state index in [9.17, 15) is 14.9 Å². The molecule has 1 saturated carbocycles. The summed E-state index contributed by atoms with van der Waals surface area (Å²) in [4.78, 5) is 25.1. The standard InChI is InChI=1S/C20H22N2O3/c23-20(14-16-6-4-5-7-16)21(18-8-2-1-3-9-18)15-17-10-12-19(13-11-17)22(24)25/h1-3,8-13,16H,4-7,14-15H2. The Hall–Kier alpha value is -2.69. The number of nitro groups is 1. The average molecular weight is 338 g/mol. The summed E-state index contributed by atoms with van der Waals surface area (Å²) in [6.45, 7) is 0.424. The van der Waals surface area contributed by atoms with Crippen LogP contribution in [-0.4, -0.2) is 10.8 Å². The minimum atomic E-state index is -0.413. The number of benzene rings is 2. The predicted molar refractivity (Wildman–Crippen MR) is 97.3 cm³/mol. The summed E-state index contributed by atoms with van der Waals surface area (Å²) in [6.07, 6.45) is 5.26. The zero-order valence-electron chi connectivity index (χ0n) is 14.1. The lowest BCUT2D eigenvalue weighted by atomic mass is 10.0. The molecule has 0 saturated heterocycles. The van der Waals surface area contributed by atoms with Gasteiger partial charge in [-0.3, -0.25) is 14.9 Å². The number of para-hydroxylation sites is 1. The van der Waals surface area contributed by atoms with Crippen molar-refractivity contribution >= 4 is 17.3 Å². The Kier molecular flexibility index (Phi) is 5.43. The van der Waals surface area contributed by atoms with Crippen molar-refractivity contribution in [1.29, 1.82) is 0 Å². The van der Waals surface area contributed by atoms with Gasteiger partial charge < -0.3 is 4.90 Å². The third kappa shape index (κ3) is 4.44. The van der Waals surface area contributed by atoms with Crippen LogP contribution < -0.4 is 4.90 Å². The first kappa shape index (κ1) is 17.1. The molecular weight excluding hydrogens is 316 g/mol. The molecule has 0 spiro atoms. The summed E-state index contributed by atoms with van der Waals surface area (Å²) in [5, 5.41) is 10.8. The molecule has 0 unspecified atom stereocenters. The molecule has 3 rings (SSSR count). The van der Waals surface area contributed by atoms with E-state index in [1.165, 1.54) is 25.0 Å². The van der Waals surface area contributed by atoms with Gasteiger partial charge in [0.05, 0.1) is 11.5 Å². The van der Waals surface area contributed by atoms with Gasteiger partial charge in [0.2, 0.25) is 5.91 Å². The van der Waals surface area contributed by atoms with E-state index in [1.54, 1.807) is 17.0 Å². The van der Waals surface area contributed by atoms with Gasteiger partial charge in [-0.2, -0.15) is 0 Å². The number of nitrogens with zero attached hydrogens (tertiary/aromatic N) is 2. The van der Waals surface area contributed by atoms with E-state index in [1.807, 2.05) is 30.3 Å². The third-order valence-electron chi connectivity index (χ3n) is 4.79. The number of hydrogen-bond acceptors (Lipinski definition) is 3. The molecule has 0 heterocycles. The molecule has 0 N–H and O–H groups in total. The Morgan fingerprint density at radius 3 is 2.28 bits per heavy atom. The normalized spacial score (nSPS) is 14.4. The van der Waals surface area contributed by atoms with Gasteiger partial charge >= 0.3 is 0 Å². The predicted octanol–water partition coefficient (Wildman–Crippen LogP) is 4.71. The molecule has 130 valence electrons. The highest BCUT2D eigenvalue weighted by Gasteiger charge is 2.23. The Morgan fingerprint density at radius 1 is 1.04 bits per heavy atom. The number of rotatable bonds is 6. The molecule has 5 nitrogen and oxygen atoms in total. The third-order valence-corrected chi connectivity index (χ3v) is 4.79. The maximum absolute atomic E-state index is 12.9. The van der Waals surface area contributed by atoms with Crippen molar-refractivity contribution in [3.63, 3.8) is 0 Å². The molecule has 1 amide bonds. The van der Waals surface area contributed by atoms with Crippen molar-refractivity contribution in [3.8, 4) is 0 Å². The van der Waals surface area contributed by atoms with Crippen LogP contribution in [0.2, 0.25) is 0 Å². The van der Waals surface area contributed by atoms with Crippen molar-refractivity contribution < 1.29 is 9.72 Å². The Balaban J connectivity index is 1.78. The van der Waals surface area contributed by atoms with Gasteiger partial charge in [-0.05, 0) is 36.5 Å². The van der Waals surface area contributed by atoms with Crippen molar-refractivity contribution in [2.45, 2.75) is 38.6 Å². The molecule has 1 aliphatic rings. The molecule has 2 aromatic rings. The summed E-state index contributed by atoms with van der Waals surface area (Å²) in [6, 6.07) is 16.0. The summed E-state index contributed by atoms with van der Waals surface area (Å²) in [5.74, 6) is 0.604. The largest absolute Gasteiger partial charge is 0.308 e. The minimum absolute atomic E-state index is 0.0623. The maximum Gasteiger partial charge on any atom is 0.269 e. The molecule has 2 aromatic carbocycles. The Labute approximate surface area is 147 Å². The van der Waals surface area contributed by atoms with E-state index >= 15 is 0 Å². The van der Waals surface area contributed by atoms with Crippen molar-refractivity contribution in [2.75, 3.05) is 4.90 Å². The van der Waals surface area contributed by atoms with E-state index < -0.39 is 4.92 Å². The van der Waals surface area contributed by atoms with Gasteiger partial charge in [-0.1, -0.05) is 43.2 Å². The van der Waals surface area contributed by atoms with Crippen LogP contribution in [0.25, 0.3) is 0 Å². The highest BCUT2D eigenvalue weighted by atomic mass is 16.6. The maximum atomic E-state index is 12.9. The van der Waals surface area contributed by atoms with Gasteiger partial charge in [0, 0.05) is 24.2 Å². The lowest BCUT2D eigenvalue weighted by molar-refractivity contribution is -0.384. The van der Waals surface area contributed by atoms with Crippen LogP contribution in [0.3, 0.4) is 0 Å². The fraction of sp³-hybridized carbons (Fsp3) is 0.350. The number of anilines is 1. The number of amides is 1. The summed E-state index contributed by atoms with van der Waals surface area (Å²) in [7, 11) is 0. The van der Waals surface area contributed by atoms with Gasteiger partial charge in [-0.15, -0.1) is 0 Å². The number of carbonyl (C=O) groups excluding carboxylic acids is 1. The topological polar surface area (TPSA) is 63.5 Å². The highest BCUT2D eigenvalue weighted by Crippen LogP contribution is 2.29. The first-order valence-electron chi connectivity index (χ1n) is 8.72. The Bertz CT molecular complexity index is 722. The molecule has 25 heavy (non-hydrogen) atoms. The van der Waals surface area contributed by atoms with Gasteiger partial charge in [0.25, 0.3) is 5.69 Å². The van der Waals surface area contributed by atoms with Gasteiger partial charge in [0.1, 0.15) is 0 Å². The summed E-state index contributed by atoms with van der Waals surface area (Å²) >= 11 is 0. The summed E-state index contributed by atoms with van der Waals surface area (Å²) in [5.41, 5.74) is 1.81. The van der Waals surface area contributed by atoms with E-state index in [0.29, 0.717) is 18.9 Å². The number of nitro benzene ring substituents is 1. The quantitative estimate of drug-likeness (QED) is 0.566. The fourth-order valence-electron chi connectivity index (χ4n) is 3.41. The van der Waals surface area contributed by atoms with Crippen LogP contribution >= 0.6 is 0 Å². The summed E-state index contributed by atoms with van der Waals surface area (Å²) < 4.78 is 0. The molecule has 1 aliphatic carbocycles. The SMILES string of the molecule is O=C(CC1CCCC1)N(Cc1ccc([N+](=O)[O-])cc1)c1ccccc1. The lowest BCUT2D eigenvalue weighted by Crippen LogP contribution is -2.31. The Morgan fingerprint density at radius 2 is 1.68 bits per heavy atom. The molecule has 0 atom stereocenters. The second-order valence-electron chi connectivity index (χ2n) is 6.59. The molecule has 1 fully saturated rings.